The highest BCUT2D eigenvalue weighted by molar-refractivity contribution is 6.50. The number of Topliss-reactive ketones (excluding diaryl/α,β-unsaturated/α-hetero) is 2. The van der Waals surface area contributed by atoms with Crippen LogP contribution in [0.5, 0.6) is 0 Å². The summed E-state index contributed by atoms with van der Waals surface area (Å²) in [7, 11) is 0. The number of carboxylic acid groups (broad SMARTS) is 1. The molecular weight excluding hydrogens is 436 g/mol. The van der Waals surface area contributed by atoms with Gasteiger partial charge in [-0.25, -0.2) is 4.79 Å². The molecule has 7 nitrogen and oxygen atoms in total. The number of hydrogen-bond donors (Lipinski definition) is 4. The van der Waals surface area contributed by atoms with Crippen molar-refractivity contribution in [2.45, 2.75) is 84.8 Å². The average molecular weight is 473 g/mol. The Morgan fingerprint density at radius 2 is 1.76 bits per heavy atom. The number of carbonyl (C=O) groups is 3. The van der Waals surface area contributed by atoms with Crippen LogP contribution in [-0.2, 0) is 14.4 Å². The van der Waals surface area contributed by atoms with Gasteiger partial charge in [0.1, 0.15) is 5.76 Å². The molecule has 0 saturated heterocycles. The van der Waals surface area contributed by atoms with Gasteiger partial charge in [-0.3, -0.25) is 9.59 Å². The maximum atomic E-state index is 13.2. The Labute approximate surface area is 200 Å². The van der Waals surface area contributed by atoms with Crippen LogP contribution in [0.2, 0.25) is 0 Å². The van der Waals surface area contributed by atoms with Crippen LogP contribution in [0.15, 0.2) is 45.8 Å². The van der Waals surface area contributed by atoms with E-state index in [1.54, 1.807) is 13.0 Å². The summed E-state index contributed by atoms with van der Waals surface area (Å²) in [6.45, 7) is 8.76. The minimum absolute atomic E-state index is 0.0408. The summed E-state index contributed by atoms with van der Waals surface area (Å²) in [5.41, 5.74) is -0.670. The SMILES string of the molecule is CC(C)=CCC/C(=C/CC[C@@]1(C)C2=C(C(O)=C(C)C(=O)C2=O)[C@H](O)[C@@H]2[C@@H]1CC[C@@]2(C)O)C(=O)O. The number of carbonyl (C=O) groups excluding carboxylic acids is 2. The van der Waals surface area contributed by atoms with Crippen LogP contribution in [0.1, 0.15) is 73.1 Å². The Morgan fingerprint density at radius 3 is 2.35 bits per heavy atom. The fourth-order valence-corrected chi connectivity index (χ4v) is 6.23. The number of carboxylic acids is 1. The molecule has 0 amide bonds. The van der Waals surface area contributed by atoms with Crippen LogP contribution in [-0.4, -0.2) is 49.7 Å². The number of rotatable bonds is 7. The molecule has 0 heterocycles. The molecule has 3 aliphatic carbocycles. The van der Waals surface area contributed by atoms with E-state index in [-0.39, 0.29) is 34.0 Å². The normalized spacial score (nSPS) is 33.7. The van der Waals surface area contributed by atoms with Crippen molar-refractivity contribution in [3.05, 3.63) is 45.8 Å². The van der Waals surface area contributed by atoms with Gasteiger partial charge in [0.25, 0.3) is 0 Å². The molecule has 7 heteroatoms. The van der Waals surface area contributed by atoms with E-state index in [4.69, 9.17) is 0 Å². The molecular formula is C27H36O7. The Kier molecular flexibility index (Phi) is 7.11. The first-order valence-electron chi connectivity index (χ1n) is 11.9. The van der Waals surface area contributed by atoms with Crippen molar-refractivity contribution in [1.82, 2.24) is 0 Å². The number of aliphatic hydroxyl groups excluding tert-OH is 2. The Hall–Kier alpha value is -2.51. The van der Waals surface area contributed by atoms with Gasteiger partial charge in [-0.05, 0) is 72.1 Å². The molecule has 3 rings (SSSR count). The Balaban J connectivity index is 2.03. The van der Waals surface area contributed by atoms with E-state index in [0.717, 1.165) is 5.57 Å². The lowest BCUT2D eigenvalue weighted by atomic mass is 9.54. The number of hydrogen-bond acceptors (Lipinski definition) is 6. The molecule has 0 radical (unpaired) electrons. The number of aliphatic carboxylic acids is 1. The highest BCUT2D eigenvalue weighted by Gasteiger charge is 2.62. The van der Waals surface area contributed by atoms with E-state index in [1.165, 1.54) is 6.92 Å². The topological polar surface area (TPSA) is 132 Å². The van der Waals surface area contributed by atoms with Gasteiger partial charge in [0.05, 0.1) is 11.7 Å². The highest BCUT2D eigenvalue weighted by atomic mass is 16.4. The second kappa shape index (κ2) is 9.27. The zero-order valence-electron chi connectivity index (χ0n) is 20.6. The number of aliphatic hydroxyl groups is 3. The van der Waals surface area contributed by atoms with Gasteiger partial charge in [0.15, 0.2) is 0 Å². The van der Waals surface area contributed by atoms with Crippen molar-refractivity contribution in [3.63, 3.8) is 0 Å². The molecule has 186 valence electrons. The zero-order valence-corrected chi connectivity index (χ0v) is 20.6. The van der Waals surface area contributed by atoms with Crippen LogP contribution in [0.3, 0.4) is 0 Å². The summed E-state index contributed by atoms with van der Waals surface area (Å²) >= 11 is 0. The summed E-state index contributed by atoms with van der Waals surface area (Å²) in [5, 5.41) is 42.7. The monoisotopic (exact) mass is 472 g/mol. The van der Waals surface area contributed by atoms with E-state index in [1.807, 2.05) is 26.8 Å². The number of fused-ring (bicyclic) bond motifs is 1. The lowest BCUT2D eigenvalue weighted by Gasteiger charge is -2.50. The summed E-state index contributed by atoms with van der Waals surface area (Å²) in [5.74, 6) is -3.82. The molecule has 5 atom stereocenters. The summed E-state index contributed by atoms with van der Waals surface area (Å²) in [6, 6.07) is 0. The molecule has 0 aromatic heterocycles. The Bertz CT molecular complexity index is 1040. The van der Waals surface area contributed by atoms with E-state index in [0.29, 0.717) is 38.5 Å². The quantitative estimate of drug-likeness (QED) is 0.191. The number of allylic oxidation sites excluding steroid dienone is 5. The molecule has 0 spiro atoms. The summed E-state index contributed by atoms with van der Waals surface area (Å²) < 4.78 is 0. The molecule has 1 fully saturated rings. The molecule has 0 aliphatic heterocycles. The molecule has 0 aromatic rings. The molecule has 34 heavy (non-hydrogen) atoms. The summed E-state index contributed by atoms with van der Waals surface area (Å²) in [4.78, 5) is 37.6. The highest BCUT2D eigenvalue weighted by Crippen LogP contribution is 2.61. The van der Waals surface area contributed by atoms with Crippen LogP contribution >= 0.6 is 0 Å². The summed E-state index contributed by atoms with van der Waals surface area (Å²) in [6.07, 6.45) is 5.01. The van der Waals surface area contributed by atoms with Gasteiger partial charge in [-0.15, -0.1) is 0 Å². The van der Waals surface area contributed by atoms with Crippen LogP contribution < -0.4 is 0 Å². The van der Waals surface area contributed by atoms with Gasteiger partial charge < -0.3 is 20.4 Å². The fourth-order valence-electron chi connectivity index (χ4n) is 6.23. The zero-order chi connectivity index (χ0) is 25.6. The maximum Gasteiger partial charge on any atom is 0.331 e. The lowest BCUT2D eigenvalue weighted by Crippen LogP contribution is -2.53. The van der Waals surface area contributed by atoms with Crippen molar-refractivity contribution < 1.29 is 34.8 Å². The third-order valence-corrected chi connectivity index (χ3v) is 8.09. The first-order valence-corrected chi connectivity index (χ1v) is 11.9. The average Bonchev–Trinajstić information content (AvgIpc) is 3.07. The minimum atomic E-state index is -1.27. The lowest BCUT2D eigenvalue weighted by molar-refractivity contribution is -0.135. The third kappa shape index (κ3) is 4.31. The van der Waals surface area contributed by atoms with E-state index < -0.39 is 40.6 Å². The van der Waals surface area contributed by atoms with E-state index >= 15 is 0 Å². The maximum absolute atomic E-state index is 13.2. The van der Waals surface area contributed by atoms with Crippen molar-refractivity contribution in [1.29, 1.82) is 0 Å². The first-order chi connectivity index (χ1) is 15.7. The first kappa shape index (κ1) is 26.1. The molecule has 4 N–H and O–H groups in total. The van der Waals surface area contributed by atoms with Gasteiger partial charge in [-0.1, -0.05) is 24.6 Å². The second-order valence-corrected chi connectivity index (χ2v) is 10.7. The fraction of sp³-hybridized carbons (Fsp3) is 0.593. The molecule has 1 saturated carbocycles. The molecule has 3 aliphatic rings. The van der Waals surface area contributed by atoms with E-state index in [2.05, 4.69) is 0 Å². The van der Waals surface area contributed by atoms with Crippen LogP contribution in [0.25, 0.3) is 0 Å². The van der Waals surface area contributed by atoms with Gasteiger partial charge in [0.2, 0.25) is 11.6 Å². The second-order valence-electron chi connectivity index (χ2n) is 10.7. The third-order valence-electron chi connectivity index (χ3n) is 8.09. The van der Waals surface area contributed by atoms with Gasteiger partial charge >= 0.3 is 5.97 Å². The van der Waals surface area contributed by atoms with Gasteiger partial charge in [0, 0.05) is 33.6 Å². The predicted molar refractivity (Wildman–Crippen MR) is 127 cm³/mol. The van der Waals surface area contributed by atoms with Crippen molar-refractivity contribution in [2.75, 3.05) is 0 Å². The predicted octanol–water partition coefficient (Wildman–Crippen LogP) is 3.96. The largest absolute Gasteiger partial charge is 0.507 e. The Morgan fingerprint density at radius 1 is 1.12 bits per heavy atom. The molecule has 0 unspecified atom stereocenters. The van der Waals surface area contributed by atoms with E-state index in [9.17, 15) is 34.8 Å². The smallest absolute Gasteiger partial charge is 0.331 e. The molecule has 0 aromatic carbocycles. The van der Waals surface area contributed by atoms with Crippen molar-refractivity contribution >= 4 is 17.5 Å². The number of ketones is 2. The van der Waals surface area contributed by atoms with Gasteiger partial charge in [-0.2, -0.15) is 0 Å². The van der Waals surface area contributed by atoms with Crippen molar-refractivity contribution in [3.8, 4) is 0 Å². The van der Waals surface area contributed by atoms with Crippen LogP contribution in [0, 0.1) is 17.3 Å². The standard InChI is InChI=1S/C27H36O7/c1-14(2)8-6-9-16(25(32)33)10-7-12-26(4)17-11-13-27(5,34)19(17)23(30)18-20(26)24(31)22(29)15(3)21(18)28/h8,10,17,19,23,28,30,34H,6-7,9,11-13H2,1-5H3,(H,32,33)/b16-10-/t17-,19-,23-,26+,27+/m0/s1. The van der Waals surface area contributed by atoms with Crippen LogP contribution in [0.4, 0.5) is 0 Å². The van der Waals surface area contributed by atoms with Crippen molar-refractivity contribution in [2.24, 2.45) is 17.3 Å². The molecule has 0 bridgehead atoms. The minimum Gasteiger partial charge on any atom is -0.507 e.